The quantitative estimate of drug-likeness (QED) is 0.530. The van der Waals surface area contributed by atoms with E-state index < -0.39 is 0 Å². The van der Waals surface area contributed by atoms with E-state index in [-0.39, 0.29) is 0 Å². The first-order valence-corrected chi connectivity index (χ1v) is 3.53. The monoisotopic (exact) mass is 137 g/mol. The first-order valence-electron chi connectivity index (χ1n) is 3.53. The molecule has 0 saturated carbocycles. The topological polar surface area (TPSA) is 12.4 Å². The highest BCUT2D eigenvalue weighted by atomic mass is 14.7. The highest BCUT2D eigenvalue weighted by molar-refractivity contribution is 5.93. The fourth-order valence-electron chi connectivity index (χ4n) is 0.640. The minimum atomic E-state index is 1.02. The Bertz CT molecular complexity index is 164. The predicted molar refractivity (Wildman–Crippen MR) is 47.4 cm³/mol. The van der Waals surface area contributed by atoms with Crippen LogP contribution in [0.1, 0.15) is 27.2 Å². The van der Waals surface area contributed by atoms with Crippen LogP contribution in [-0.4, -0.2) is 5.71 Å². The summed E-state index contributed by atoms with van der Waals surface area (Å²) in [7, 11) is 0. The van der Waals surface area contributed by atoms with Gasteiger partial charge in [0, 0.05) is 11.9 Å². The summed E-state index contributed by atoms with van der Waals surface area (Å²) in [6.07, 6.45) is 4.72. The van der Waals surface area contributed by atoms with Crippen molar-refractivity contribution in [2.75, 3.05) is 0 Å². The minimum absolute atomic E-state index is 1.02. The third-order valence-electron chi connectivity index (χ3n) is 1.31. The van der Waals surface area contributed by atoms with Crippen molar-refractivity contribution in [2.24, 2.45) is 4.99 Å². The maximum atomic E-state index is 4.02. The maximum Gasteiger partial charge on any atom is 0.0371 e. The van der Waals surface area contributed by atoms with Crippen LogP contribution in [0.2, 0.25) is 0 Å². The van der Waals surface area contributed by atoms with Gasteiger partial charge in [0.2, 0.25) is 0 Å². The van der Waals surface area contributed by atoms with Crippen LogP contribution < -0.4 is 0 Å². The van der Waals surface area contributed by atoms with Crippen molar-refractivity contribution in [3.8, 4) is 0 Å². The summed E-state index contributed by atoms with van der Waals surface area (Å²) in [5.74, 6) is 0. The molecule has 0 amide bonds. The molecule has 0 N–H and O–H groups in total. The van der Waals surface area contributed by atoms with Gasteiger partial charge < -0.3 is 0 Å². The smallest absolute Gasteiger partial charge is 0.0371 e. The van der Waals surface area contributed by atoms with E-state index in [9.17, 15) is 0 Å². The molecule has 0 fully saturated rings. The van der Waals surface area contributed by atoms with Gasteiger partial charge >= 0.3 is 0 Å². The molecule has 0 bridgehead atoms. The molecular formula is C9H15N. The van der Waals surface area contributed by atoms with Crippen LogP contribution in [0, 0.1) is 0 Å². The Labute approximate surface area is 63.2 Å². The molecule has 0 heterocycles. The fourth-order valence-corrected chi connectivity index (χ4v) is 0.640. The van der Waals surface area contributed by atoms with E-state index in [0.29, 0.717) is 0 Å². The number of nitrogens with zero attached hydrogens (tertiary/aromatic N) is 1. The van der Waals surface area contributed by atoms with E-state index in [2.05, 4.69) is 31.5 Å². The maximum absolute atomic E-state index is 4.02. The normalized spacial score (nSPS) is 13.5. The van der Waals surface area contributed by atoms with Crippen LogP contribution in [0.5, 0.6) is 0 Å². The molecule has 0 aliphatic rings. The van der Waals surface area contributed by atoms with E-state index >= 15 is 0 Å². The van der Waals surface area contributed by atoms with Crippen LogP contribution in [0.15, 0.2) is 29.4 Å². The molecule has 0 aliphatic carbocycles. The third-order valence-corrected chi connectivity index (χ3v) is 1.31. The van der Waals surface area contributed by atoms with Gasteiger partial charge in [0.1, 0.15) is 0 Å². The Balaban J connectivity index is 4.11. The molecule has 1 nitrogen and oxygen atoms in total. The summed E-state index contributed by atoms with van der Waals surface area (Å²) in [6.45, 7) is 9.72. The van der Waals surface area contributed by atoms with Gasteiger partial charge in [-0.25, -0.2) is 0 Å². The lowest BCUT2D eigenvalue weighted by Gasteiger charge is -1.93. The van der Waals surface area contributed by atoms with E-state index in [1.54, 1.807) is 6.20 Å². The van der Waals surface area contributed by atoms with Crippen LogP contribution in [0.4, 0.5) is 0 Å². The lowest BCUT2D eigenvalue weighted by Crippen LogP contribution is -1.84. The van der Waals surface area contributed by atoms with Crippen LogP contribution in [0.25, 0.3) is 0 Å². The lowest BCUT2D eigenvalue weighted by molar-refractivity contribution is 1.10. The Morgan fingerprint density at radius 1 is 1.50 bits per heavy atom. The van der Waals surface area contributed by atoms with Crippen molar-refractivity contribution in [1.82, 2.24) is 0 Å². The lowest BCUT2D eigenvalue weighted by atomic mass is 10.2. The van der Waals surface area contributed by atoms with Gasteiger partial charge in [0.05, 0.1) is 0 Å². The molecule has 1 heteroatoms. The summed E-state index contributed by atoms with van der Waals surface area (Å²) in [5.41, 5.74) is 2.37. The SMILES string of the molecule is C=CN=C(C)/C=C(\C)CC. The number of hydrogen-bond donors (Lipinski definition) is 0. The van der Waals surface area contributed by atoms with E-state index in [0.717, 1.165) is 12.1 Å². The molecule has 0 saturated heterocycles. The number of aliphatic imine (C=N–C) groups is 1. The van der Waals surface area contributed by atoms with E-state index in [4.69, 9.17) is 0 Å². The average molecular weight is 137 g/mol. The molecule has 0 atom stereocenters. The molecular weight excluding hydrogens is 122 g/mol. The summed E-state index contributed by atoms with van der Waals surface area (Å²) >= 11 is 0. The van der Waals surface area contributed by atoms with Crippen molar-refractivity contribution in [3.63, 3.8) is 0 Å². The Hall–Kier alpha value is -0.850. The Morgan fingerprint density at radius 3 is 2.50 bits per heavy atom. The molecule has 0 radical (unpaired) electrons. The van der Waals surface area contributed by atoms with Crippen LogP contribution >= 0.6 is 0 Å². The van der Waals surface area contributed by atoms with Crippen molar-refractivity contribution >= 4 is 5.71 Å². The van der Waals surface area contributed by atoms with Crippen molar-refractivity contribution < 1.29 is 0 Å². The Morgan fingerprint density at radius 2 is 2.10 bits per heavy atom. The largest absolute Gasteiger partial charge is 0.262 e. The van der Waals surface area contributed by atoms with Crippen molar-refractivity contribution in [3.05, 3.63) is 24.4 Å². The first kappa shape index (κ1) is 9.15. The Kier molecular flexibility index (Phi) is 4.55. The predicted octanol–water partition coefficient (Wildman–Crippen LogP) is 2.95. The molecule has 56 valence electrons. The number of hydrogen-bond acceptors (Lipinski definition) is 1. The molecule has 0 aromatic heterocycles. The minimum Gasteiger partial charge on any atom is -0.262 e. The van der Waals surface area contributed by atoms with Gasteiger partial charge in [0.25, 0.3) is 0 Å². The molecule has 0 rings (SSSR count). The second kappa shape index (κ2) is 4.98. The highest BCUT2D eigenvalue weighted by Crippen LogP contribution is 1.98. The second-order valence-corrected chi connectivity index (χ2v) is 2.30. The third kappa shape index (κ3) is 4.07. The van der Waals surface area contributed by atoms with Crippen molar-refractivity contribution in [2.45, 2.75) is 27.2 Å². The van der Waals surface area contributed by atoms with Gasteiger partial charge in [-0.3, -0.25) is 4.99 Å². The summed E-state index contributed by atoms with van der Waals surface area (Å²) in [6, 6.07) is 0. The molecule has 0 unspecified atom stereocenters. The van der Waals surface area contributed by atoms with Gasteiger partial charge in [-0.05, 0) is 26.3 Å². The average Bonchev–Trinajstić information content (AvgIpc) is 1.88. The first-order chi connectivity index (χ1) is 4.70. The van der Waals surface area contributed by atoms with E-state index in [1.165, 1.54) is 5.57 Å². The van der Waals surface area contributed by atoms with Crippen LogP contribution in [-0.2, 0) is 0 Å². The number of rotatable bonds is 3. The van der Waals surface area contributed by atoms with Gasteiger partial charge in [-0.1, -0.05) is 19.1 Å². The van der Waals surface area contributed by atoms with E-state index in [1.807, 2.05) is 6.92 Å². The number of allylic oxidation sites excluding steroid dienone is 2. The van der Waals surface area contributed by atoms with Gasteiger partial charge in [-0.15, -0.1) is 0 Å². The fraction of sp³-hybridized carbons (Fsp3) is 0.444. The highest BCUT2D eigenvalue weighted by Gasteiger charge is 1.84. The standard InChI is InChI=1S/C9H15N/c1-5-8(3)7-9(4)10-6-2/h6-7H,2,5H2,1,3-4H3/b8-7+,10-9?. The molecule has 0 aromatic rings. The summed E-state index contributed by atoms with van der Waals surface area (Å²) in [5, 5.41) is 0. The second-order valence-electron chi connectivity index (χ2n) is 2.30. The zero-order chi connectivity index (χ0) is 7.98. The molecule has 0 aliphatic heterocycles. The zero-order valence-electron chi connectivity index (χ0n) is 7.02. The molecule has 0 spiro atoms. The molecule has 0 aromatic carbocycles. The summed E-state index contributed by atoms with van der Waals surface area (Å²) < 4.78 is 0. The van der Waals surface area contributed by atoms with Crippen LogP contribution in [0.3, 0.4) is 0 Å². The van der Waals surface area contributed by atoms with Gasteiger partial charge in [0.15, 0.2) is 0 Å². The molecule has 10 heavy (non-hydrogen) atoms. The van der Waals surface area contributed by atoms with Gasteiger partial charge in [-0.2, -0.15) is 0 Å². The summed E-state index contributed by atoms with van der Waals surface area (Å²) in [4.78, 5) is 4.02. The zero-order valence-corrected chi connectivity index (χ0v) is 7.02. The van der Waals surface area contributed by atoms with Crippen molar-refractivity contribution in [1.29, 1.82) is 0 Å².